The number of aliphatic imine (C=N–C) groups is 2. The molecule has 0 N–H and O–H groups in total. The Morgan fingerprint density at radius 2 is 2.39 bits per heavy atom. The van der Waals surface area contributed by atoms with Crippen LogP contribution in [0, 0.1) is 18.4 Å². The molecule has 0 spiro atoms. The van der Waals surface area contributed by atoms with E-state index in [4.69, 9.17) is 20.8 Å². The Bertz CT molecular complexity index is 853. The van der Waals surface area contributed by atoms with Gasteiger partial charge in [0.1, 0.15) is 13.2 Å². The summed E-state index contributed by atoms with van der Waals surface area (Å²) in [5.41, 5.74) is 5.00. The van der Waals surface area contributed by atoms with E-state index >= 15 is 0 Å². The van der Waals surface area contributed by atoms with Crippen molar-refractivity contribution in [2.24, 2.45) is 21.8 Å². The Morgan fingerprint density at radius 3 is 3.11 bits per heavy atom. The van der Waals surface area contributed by atoms with Crippen molar-refractivity contribution in [1.29, 1.82) is 0 Å². The summed E-state index contributed by atoms with van der Waals surface area (Å²) in [5, 5.41) is 0. The summed E-state index contributed by atoms with van der Waals surface area (Å²) in [6.45, 7) is 13.1. The van der Waals surface area contributed by atoms with E-state index in [9.17, 15) is 4.79 Å². The van der Waals surface area contributed by atoms with Crippen molar-refractivity contribution in [3.8, 4) is 6.57 Å². The van der Waals surface area contributed by atoms with E-state index in [2.05, 4.69) is 39.4 Å². The van der Waals surface area contributed by atoms with E-state index in [-0.39, 0.29) is 30.5 Å². The molecule has 3 rings (SSSR count). The van der Waals surface area contributed by atoms with Crippen molar-refractivity contribution in [3.63, 3.8) is 0 Å². The van der Waals surface area contributed by atoms with Crippen LogP contribution in [0.25, 0.3) is 4.85 Å². The van der Waals surface area contributed by atoms with E-state index in [1.807, 2.05) is 6.08 Å². The van der Waals surface area contributed by atoms with Gasteiger partial charge in [-0.05, 0) is 30.5 Å². The molecule has 0 bridgehead atoms. The van der Waals surface area contributed by atoms with Gasteiger partial charge in [0.2, 0.25) is 0 Å². The molecule has 2 heterocycles. The molecule has 0 aromatic rings. The first-order valence-electron chi connectivity index (χ1n) is 9.27. The summed E-state index contributed by atoms with van der Waals surface area (Å²) < 4.78 is 16.8. The van der Waals surface area contributed by atoms with Crippen molar-refractivity contribution < 1.29 is 19.0 Å². The van der Waals surface area contributed by atoms with Crippen LogP contribution in [0.2, 0.25) is 0 Å². The van der Waals surface area contributed by atoms with Crippen LogP contribution in [0.15, 0.2) is 50.9 Å². The summed E-state index contributed by atoms with van der Waals surface area (Å²) in [7, 11) is 0. The number of allylic oxidation sites excluding steroid dienone is 3. The number of hydrogen-bond donors (Lipinski definition) is 0. The van der Waals surface area contributed by atoms with Crippen LogP contribution in [-0.4, -0.2) is 44.1 Å². The standard InChI is InChI=1S/C21H24N3O4/c1-13(2)21(25)27-12-19-26-11-17(28-19)15-6-5-7-16-14(10-15)8-9-18(22-3)24-20(16)23-4/h4-6,8,13,15,17,19H,3,7,10-12H2,1-2H3/q+1/t15?,17-,19?/m1/s1. The number of amidine groups is 1. The van der Waals surface area contributed by atoms with Gasteiger partial charge in [-0.25, -0.2) is 4.99 Å². The summed E-state index contributed by atoms with van der Waals surface area (Å²) in [5.74, 6) is 0.435. The average molecular weight is 382 g/mol. The molecule has 1 fully saturated rings. The van der Waals surface area contributed by atoms with Gasteiger partial charge in [0.05, 0.1) is 24.2 Å². The molecule has 1 saturated heterocycles. The number of ether oxygens (including phenoxy) is 3. The van der Waals surface area contributed by atoms with Crippen molar-refractivity contribution in [1.82, 2.24) is 0 Å². The molecular weight excluding hydrogens is 358 g/mol. The normalized spacial score (nSPS) is 26.7. The zero-order chi connectivity index (χ0) is 20.1. The van der Waals surface area contributed by atoms with Gasteiger partial charge in [-0.2, -0.15) is 4.85 Å². The van der Waals surface area contributed by atoms with Crippen LogP contribution in [0.3, 0.4) is 0 Å². The topological polar surface area (TPSA) is 73.8 Å². The fourth-order valence-electron chi connectivity index (χ4n) is 3.22. The van der Waals surface area contributed by atoms with Gasteiger partial charge in [0.15, 0.2) is 6.29 Å². The molecule has 3 aliphatic rings. The number of rotatable bonds is 5. The Labute approximate surface area is 164 Å². The van der Waals surface area contributed by atoms with Crippen molar-refractivity contribution in [3.05, 3.63) is 45.8 Å². The highest BCUT2D eigenvalue weighted by Gasteiger charge is 2.35. The van der Waals surface area contributed by atoms with Crippen LogP contribution in [0.1, 0.15) is 26.7 Å². The third-order valence-corrected chi connectivity index (χ3v) is 4.76. The number of esters is 1. The number of carbonyl (C=O) groups excluding carboxylic acids is 1. The second kappa shape index (κ2) is 8.94. The number of carbonyl (C=O) groups is 1. The minimum atomic E-state index is -0.546. The van der Waals surface area contributed by atoms with Gasteiger partial charge in [0, 0.05) is 17.3 Å². The van der Waals surface area contributed by atoms with Gasteiger partial charge in [-0.15, -0.1) is 0 Å². The van der Waals surface area contributed by atoms with Crippen LogP contribution in [-0.2, 0) is 19.0 Å². The van der Waals surface area contributed by atoms with Crippen molar-refractivity contribution >= 4 is 18.5 Å². The summed E-state index contributed by atoms with van der Waals surface area (Å²) in [6.07, 6.45) is 6.70. The molecule has 0 radical (unpaired) electrons. The SMILES string of the molecule is C#[N+]C1=NC(N=C)=C=CC2=C1CC=CC([C@H]1COC(COC(=O)C(C)C)O1)C2. The molecule has 7 nitrogen and oxygen atoms in total. The zero-order valence-electron chi connectivity index (χ0n) is 16.1. The molecule has 2 aliphatic heterocycles. The lowest BCUT2D eigenvalue weighted by molar-refractivity contribution is -0.161. The largest absolute Gasteiger partial charge is 0.460 e. The smallest absolute Gasteiger partial charge is 0.431 e. The third-order valence-electron chi connectivity index (χ3n) is 4.76. The Morgan fingerprint density at radius 1 is 1.57 bits per heavy atom. The highest BCUT2D eigenvalue weighted by molar-refractivity contribution is 6.07. The maximum Gasteiger partial charge on any atom is 0.431 e. The lowest BCUT2D eigenvalue weighted by Crippen LogP contribution is -2.25. The molecule has 0 aromatic carbocycles. The van der Waals surface area contributed by atoms with E-state index in [1.54, 1.807) is 13.8 Å². The summed E-state index contributed by atoms with van der Waals surface area (Å²) in [6, 6.07) is 0. The number of nitrogens with zero attached hydrogens (tertiary/aromatic N) is 3. The maximum atomic E-state index is 11.6. The summed E-state index contributed by atoms with van der Waals surface area (Å²) >= 11 is 0. The molecule has 1 aliphatic carbocycles. The average Bonchev–Trinajstić information content (AvgIpc) is 2.97. The Kier molecular flexibility index (Phi) is 6.37. The van der Waals surface area contributed by atoms with Gasteiger partial charge in [-0.3, -0.25) is 4.79 Å². The van der Waals surface area contributed by atoms with Gasteiger partial charge < -0.3 is 14.2 Å². The molecule has 28 heavy (non-hydrogen) atoms. The molecule has 0 saturated carbocycles. The van der Waals surface area contributed by atoms with Crippen LogP contribution in [0.4, 0.5) is 0 Å². The van der Waals surface area contributed by atoms with Gasteiger partial charge in [-0.1, -0.05) is 26.0 Å². The summed E-state index contributed by atoms with van der Waals surface area (Å²) in [4.78, 5) is 23.6. The van der Waals surface area contributed by atoms with Crippen molar-refractivity contribution in [2.45, 2.75) is 39.1 Å². The highest BCUT2D eigenvalue weighted by atomic mass is 16.7. The fraction of sp³-hybridized carbons (Fsp3) is 0.476. The second-order valence-corrected chi connectivity index (χ2v) is 7.06. The first kappa shape index (κ1) is 20.0. The van der Waals surface area contributed by atoms with Crippen LogP contribution < -0.4 is 0 Å². The van der Waals surface area contributed by atoms with E-state index in [0.29, 0.717) is 31.1 Å². The Balaban J connectivity index is 1.69. The van der Waals surface area contributed by atoms with Gasteiger partial charge >= 0.3 is 17.6 Å². The predicted octanol–water partition coefficient (Wildman–Crippen LogP) is 3.26. The maximum absolute atomic E-state index is 11.6. The lowest BCUT2D eigenvalue weighted by Gasteiger charge is -2.19. The van der Waals surface area contributed by atoms with Crippen LogP contribution in [0.5, 0.6) is 0 Å². The minimum absolute atomic E-state index is 0.0913. The molecule has 0 aromatic heterocycles. The first-order chi connectivity index (χ1) is 13.5. The van der Waals surface area contributed by atoms with E-state index < -0.39 is 6.29 Å². The quantitative estimate of drug-likeness (QED) is 0.317. The predicted molar refractivity (Wildman–Crippen MR) is 106 cm³/mol. The molecule has 146 valence electrons. The highest BCUT2D eigenvalue weighted by Crippen LogP contribution is 2.32. The molecular formula is C21H24N3O4+. The molecule has 3 atom stereocenters. The fourth-order valence-corrected chi connectivity index (χ4v) is 3.22. The molecule has 0 amide bonds. The Hall–Kier alpha value is -2.78. The molecule has 7 heteroatoms. The second-order valence-electron chi connectivity index (χ2n) is 7.06. The van der Waals surface area contributed by atoms with Crippen LogP contribution >= 0.6 is 0 Å². The molecule has 2 unspecified atom stereocenters. The lowest BCUT2D eigenvalue weighted by atomic mass is 9.93. The van der Waals surface area contributed by atoms with Crippen molar-refractivity contribution in [2.75, 3.05) is 13.2 Å². The van der Waals surface area contributed by atoms with E-state index in [0.717, 1.165) is 11.1 Å². The number of hydrogen-bond acceptors (Lipinski definition) is 6. The third kappa shape index (κ3) is 4.55. The minimum Gasteiger partial charge on any atom is -0.460 e. The van der Waals surface area contributed by atoms with E-state index in [1.165, 1.54) is 0 Å². The van der Waals surface area contributed by atoms with Gasteiger partial charge in [0.25, 0.3) is 0 Å². The first-order valence-corrected chi connectivity index (χ1v) is 9.27. The zero-order valence-corrected chi connectivity index (χ0v) is 16.1. The monoisotopic (exact) mass is 382 g/mol.